The molecule has 6 nitrogen and oxygen atoms in total. The molecule has 1 aromatic rings. The first-order valence-corrected chi connectivity index (χ1v) is 8.61. The first kappa shape index (κ1) is 22.0. The molecule has 0 bridgehead atoms. The Labute approximate surface area is 145 Å². The molecular weight excluding hydrogens is 340 g/mol. The molecule has 0 heterocycles. The van der Waals surface area contributed by atoms with Crippen molar-refractivity contribution in [3.63, 3.8) is 0 Å². The maximum absolute atomic E-state index is 12.6. The van der Waals surface area contributed by atoms with Gasteiger partial charge in [0, 0.05) is 37.8 Å². The van der Waals surface area contributed by atoms with Gasteiger partial charge in [-0.25, -0.2) is 12.7 Å². The molecule has 1 unspecified atom stereocenters. The van der Waals surface area contributed by atoms with Gasteiger partial charge in [-0.1, -0.05) is 13.8 Å². The number of nitrogens with two attached hydrogens (primary N) is 1. The van der Waals surface area contributed by atoms with Crippen molar-refractivity contribution in [2.24, 2.45) is 11.7 Å². The number of sulfonamides is 1. The van der Waals surface area contributed by atoms with Gasteiger partial charge in [0.1, 0.15) is 11.5 Å². The molecule has 8 heteroatoms. The summed E-state index contributed by atoms with van der Waals surface area (Å²) in [5.74, 6) is 1.18. The van der Waals surface area contributed by atoms with Crippen molar-refractivity contribution in [2.75, 3.05) is 27.8 Å². The lowest BCUT2D eigenvalue weighted by molar-refractivity contribution is 0.387. The topological polar surface area (TPSA) is 81.9 Å². The van der Waals surface area contributed by atoms with Crippen molar-refractivity contribution in [2.45, 2.75) is 31.2 Å². The van der Waals surface area contributed by atoms with Gasteiger partial charge in [-0.15, -0.1) is 12.4 Å². The van der Waals surface area contributed by atoms with Gasteiger partial charge in [0.15, 0.2) is 0 Å². The Kier molecular flexibility index (Phi) is 8.90. The van der Waals surface area contributed by atoms with E-state index in [2.05, 4.69) is 0 Å². The van der Waals surface area contributed by atoms with E-state index in [4.69, 9.17) is 15.2 Å². The normalized spacial score (nSPS) is 12.9. The maximum Gasteiger partial charge on any atom is 0.243 e. The average molecular weight is 367 g/mol. The Morgan fingerprint density at radius 1 is 1.13 bits per heavy atom. The summed E-state index contributed by atoms with van der Waals surface area (Å²) in [6.07, 6.45) is 0.606. The van der Waals surface area contributed by atoms with Crippen LogP contribution in [0.1, 0.15) is 20.3 Å². The number of nitrogens with zero attached hydrogens (tertiary/aromatic N) is 1. The van der Waals surface area contributed by atoms with E-state index in [1.54, 1.807) is 13.1 Å². The van der Waals surface area contributed by atoms with Gasteiger partial charge in [-0.05, 0) is 12.3 Å². The monoisotopic (exact) mass is 366 g/mol. The van der Waals surface area contributed by atoms with Crippen LogP contribution in [0.5, 0.6) is 11.5 Å². The Balaban J connectivity index is 0.00000484. The number of halogens is 1. The Hall–Kier alpha value is -1.02. The van der Waals surface area contributed by atoms with Crippen molar-refractivity contribution >= 4 is 22.4 Å². The van der Waals surface area contributed by atoms with E-state index in [1.165, 1.54) is 30.7 Å². The van der Waals surface area contributed by atoms with Crippen LogP contribution >= 0.6 is 12.4 Å². The highest BCUT2D eigenvalue weighted by Gasteiger charge is 2.23. The van der Waals surface area contributed by atoms with E-state index in [9.17, 15) is 8.42 Å². The quantitative estimate of drug-likeness (QED) is 0.762. The number of ether oxygens (including phenoxy) is 2. The molecule has 0 aromatic heterocycles. The maximum atomic E-state index is 12.6. The SMILES string of the molecule is COc1cc(OC)cc(S(=O)(=O)N(C)CCC(N)C(C)C)c1.Cl. The van der Waals surface area contributed by atoms with Crippen molar-refractivity contribution in [3.05, 3.63) is 18.2 Å². The predicted octanol–water partition coefficient (Wildman–Crippen LogP) is 2.12. The average Bonchev–Trinajstić information content (AvgIpc) is 2.51. The van der Waals surface area contributed by atoms with Gasteiger partial charge >= 0.3 is 0 Å². The molecule has 1 atom stereocenters. The minimum atomic E-state index is -3.61. The molecule has 0 fully saturated rings. The standard InChI is InChI=1S/C15H26N2O4S.ClH/c1-11(2)15(16)6-7-17(3)22(18,19)14-9-12(20-4)8-13(10-14)21-5;/h8-11,15H,6-7,16H2,1-5H3;1H. The summed E-state index contributed by atoms with van der Waals surface area (Å²) in [6.45, 7) is 4.40. The highest BCUT2D eigenvalue weighted by atomic mass is 35.5. The number of methoxy groups -OCH3 is 2. The van der Waals surface area contributed by atoms with Crippen LogP contribution < -0.4 is 15.2 Å². The van der Waals surface area contributed by atoms with E-state index < -0.39 is 10.0 Å². The number of rotatable bonds is 8. The molecule has 0 aliphatic heterocycles. The molecule has 0 saturated heterocycles. The summed E-state index contributed by atoms with van der Waals surface area (Å²) in [5, 5.41) is 0. The molecule has 134 valence electrons. The molecule has 0 saturated carbocycles. The zero-order valence-electron chi connectivity index (χ0n) is 14.3. The van der Waals surface area contributed by atoms with Crippen molar-refractivity contribution in [1.29, 1.82) is 0 Å². The van der Waals surface area contributed by atoms with E-state index in [-0.39, 0.29) is 23.3 Å². The van der Waals surface area contributed by atoms with Gasteiger partial charge < -0.3 is 15.2 Å². The molecule has 0 radical (unpaired) electrons. The summed E-state index contributed by atoms with van der Waals surface area (Å²) in [7, 11) is 0.908. The van der Waals surface area contributed by atoms with Crippen LogP contribution in [0, 0.1) is 5.92 Å². The molecular formula is C15H27ClN2O4S. The van der Waals surface area contributed by atoms with Crippen LogP contribution in [-0.2, 0) is 10.0 Å². The highest BCUT2D eigenvalue weighted by Crippen LogP contribution is 2.27. The van der Waals surface area contributed by atoms with E-state index in [0.29, 0.717) is 30.4 Å². The molecule has 0 aliphatic rings. The fraction of sp³-hybridized carbons (Fsp3) is 0.600. The summed E-state index contributed by atoms with van der Waals surface area (Å²) in [4.78, 5) is 0.143. The predicted molar refractivity (Wildman–Crippen MR) is 94.0 cm³/mol. The number of hydrogen-bond donors (Lipinski definition) is 1. The van der Waals surface area contributed by atoms with Gasteiger partial charge in [-0.3, -0.25) is 0 Å². The third-order valence-corrected chi connectivity index (χ3v) is 5.50. The second-order valence-corrected chi connectivity index (χ2v) is 7.62. The van der Waals surface area contributed by atoms with E-state index in [0.717, 1.165) is 0 Å². The second kappa shape index (κ2) is 9.32. The fourth-order valence-electron chi connectivity index (χ4n) is 1.89. The Morgan fingerprint density at radius 3 is 2.00 bits per heavy atom. The zero-order valence-corrected chi connectivity index (χ0v) is 15.9. The van der Waals surface area contributed by atoms with Crippen LogP contribution in [0.3, 0.4) is 0 Å². The van der Waals surface area contributed by atoms with Gasteiger partial charge in [0.25, 0.3) is 0 Å². The Morgan fingerprint density at radius 2 is 1.61 bits per heavy atom. The molecule has 0 amide bonds. The zero-order chi connectivity index (χ0) is 16.9. The third kappa shape index (κ3) is 5.84. The van der Waals surface area contributed by atoms with Crippen LogP contribution in [-0.4, -0.2) is 46.6 Å². The summed E-state index contributed by atoms with van der Waals surface area (Å²) in [5.41, 5.74) is 5.98. The van der Waals surface area contributed by atoms with Gasteiger partial charge in [-0.2, -0.15) is 0 Å². The summed E-state index contributed by atoms with van der Waals surface area (Å²) >= 11 is 0. The Bertz CT molecular complexity index is 571. The second-order valence-electron chi connectivity index (χ2n) is 5.57. The minimum absolute atomic E-state index is 0. The fourth-order valence-corrected chi connectivity index (χ4v) is 3.13. The summed E-state index contributed by atoms with van der Waals surface area (Å²) in [6, 6.07) is 4.57. The van der Waals surface area contributed by atoms with E-state index in [1.807, 2.05) is 13.8 Å². The first-order valence-electron chi connectivity index (χ1n) is 7.17. The van der Waals surface area contributed by atoms with Crippen LogP contribution in [0.15, 0.2) is 23.1 Å². The van der Waals surface area contributed by atoms with Crippen LogP contribution in [0.2, 0.25) is 0 Å². The minimum Gasteiger partial charge on any atom is -0.497 e. The largest absolute Gasteiger partial charge is 0.497 e. The van der Waals surface area contributed by atoms with Gasteiger partial charge in [0.2, 0.25) is 10.0 Å². The molecule has 0 aliphatic carbocycles. The molecule has 1 rings (SSSR count). The third-order valence-electron chi connectivity index (χ3n) is 3.67. The first-order chi connectivity index (χ1) is 10.2. The number of hydrogen-bond acceptors (Lipinski definition) is 5. The van der Waals surface area contributed by atoms with Crippen LogP contribution in [0.4, 0.5) is 0 Å². The van der Waals surface area contributed by atoms with Crippen molar-refractivity contribution in [1.82, 2.24) is 4.31 Å². The molecule has 1 aromatic carbocycles. The van der Waals surface area contributed by atoms with Crippen LogP contribution in [0.25, 0.3) is 0 Å². The molecule has 2 N–H and O–H groups in total. The highest BCUT2D eigenvalue weighted by molar-refractivity contribution is 7.89. The van der Waals surface area contributed by atoms with E-state index >= 15 is 0 Å². The van der Waals surface area contributed by atoms with Gasteiger partial charge in [0.05, 0.1) is 19.1 Å². The molecule has 0 spiro atoms. The molecule has 23 heavy (non-hydrogen) atoms. The summed E-state index contributed by atoms with van der Waals surface area (Å²) < 4.78 is 36.8. The van der Waals surface area contributed by atoms with Crippen molar-refractivity contribution in [3.8, 4) is 11.5 Å². The lowest BCUT2D eigenvalue weighted by Gasteiger charge is -2.21. The lowest BCUT2D eigenvalue weighted by Crippen LogP contribution is -2.34. The smallest absolute Gasteiger partial charge is 0.243 e. The number of benzene rings is 1. The lowest BCUT2D eigenvalue weighted by atomic mass is 10.0. The van der Waals surface area contributed by atoms with Crippen molar-refractivity contribution < 1.29 is 17.9 Å².